The second-order valence-electron chi connectivity index (χ2n) is 7.40. The van der Waals surface area contributed by atoms with E-state index in [-0.39, 0.29) is 11.9 Å². The van der Waals surface area contributed by atoms with Gasteiger partial charge in [0.2, 0.25) is 0 Å². The van der Waals surface area contributed by atoms with Gasteiger partial charge in [-0.3, -0.25) is 4.79 Å². The van der Waals surface area contributed by atoms with Gasteiger partial charge in [0.25, 0.3) is 5.91 Å². The van der Waals surface area contributed by atoms with E-state index in [9.17, 15) is 9.90 Å². The molecule has 1 fully saturated rings. The van der Waals surface area contributed by atoms with Gasteiger partial charge in [0.15, 0.2) is 0 Å². The van der Waals surface area contributed by atoms with Crippen LogP contribution in [0, 0.1) is 5.92 Å². The van der Waals surface area contributed by atoms with Gasteiger partial charge in [0.1, 0.15) is 17.3 Å². The zero-order valence-corrected chi connectivity index (χ0v) is 14.9. The van der Waals surface area contributed by atoms with Crippen molar-refractivity contribution in [2.45, 2.75) is 38.8 Å². The Morgan fingerprint density at radius 3 is 2.71 bits per heavy atom. The summed E-state index contributed by atoms with van der Waals surface area (Å²) >= 11 is 0. The number of aromatic nitrogens is 2. The molecule has 2 aliphatic rings. The predicted molar refractivity (Wildman–Crippen MR) is 92.3 cm³/mol. The van der Waals surface area contributed by atoms with E-state index in [1.807, 2.05) is 19.0 Å². The lowest BCUT2D eigenvalue weighted by Crippen LogP contribution is -2.38. The van der Waals surface area contributed by atoms with E-state index in [1.165, 1.54) is 0 Å². The molecule has 0 bridgehead atoms. The number of β-amino-alcohol motifs (C(OH)–C–C–N with tert-alkyl or cyclic N) is 1. The molecule has 1 aromatic heterocycles. The van der Waals surface area contributed by atoms with Crippen LogP contribution < -0.4 is 10.2 Å². The van der Waals surface area contributed by atoms with Gasteiger partial charge >= 0.3 is 0 Å². The average molecular weight is 333 g/mol. The Morgan fingerprint density at radius 2 is 2.08 bits per heavy atom. The van der Waals surface area contributed by atoms with Crippen molar-refractivity contribution < 1.29 is 9.90 Å². The first-order valence-electron chi connectivity index (χ1n) is 8.64. The van der Waals surface area contributed by atoms with Gasteiger partial charge in [0.05, 0.1) is 12.1 Å². The highest BCUT2D eigenvalue weighted by atomic mass is 16.3. The largest absolute Gasteiger partial charge is 0.390 e. The molecular weight excluding hydrogens is 306 g/mol. The molecule has 0 aliphatic carbocycles. The number of aliphatic hydroxyl groups excluding tert-OH is 1. The number of anilines is 1. The summed E-state index contributed by atoms with van der Waals surface area (Å²) in [5.41, 5.74) is 1.42. The molecule has 0 radical (unpaired) electrons. The molecule has 0 unspecified atom stereocenters. The fraction of sp³-hybridized carbons (Fsp3) is 0.706. The topological polar surface area (TPSA) is 81.6 Å². The molecule has 24 heavy (non-hydrogen) atoms. The molecule has 2 N–H and O–H groups in total. The summed E-state index contributed by atoms with van der Waals surface area (Å²) in [6.45, 7) is 6.09. The van der Waals surface area contributed by atoms with Gasteiger partial charge in [-0.25, -0.2) is 9.97 Å². The van der Waals surface area contributed by atoms with Gasteiger partial charge in [-0.2, -0.15) is 0 Å². The molecule has 1 saturated heterocycles. The summed E-state index contributed by atoms with van der Waals surface area (Å²) in [5.74, 6) is 1.84. The first-order chi connectivity index (χ1) is 11.4. The molecular formula is C17H27N5O2. The van der Waals surface area contributed by atoms with E-state index >= 15 is 0 Å². The Hall–Kier alpha value is -1.73. The van der Waals surface area contributed by atoms with Crippen molar-refractivity contribution in [3.05, 3.63) is 17.1 Å². The molecule has 2 aliphatic heterocycles. The fourth-order valence-corrected chi connectivity index (χ4v) is 3.49. The number of hydrogen-bond acceptors (Lipinski definition) is 6. The highest BCUT2D eigenvalue weighted by Gasteiger charge is 2.36. The van der Waals surface area contributed by atoms with Gasteiger partial charge in [-0.1, -0.05) is 13.8 Å². The van der Waals surface area contributed by atoms with E-state index in [0.717, 1.165) is 24.2 Å². The number of amides is 1. The van der Waals surface area contributed by atoms with Crippen molar-refractivity contribution in [1.29, 1.82) is 0 Å². The maximum Gasteiger partial charge on any atom is 0.270 e. The maximum absolute atomic E-state index is 12.2. The summed E-state index contributed by atoms with van der Waals surface area (Å²) in [7, 11) is 3.95. The lowest BCUT2D eigenvalue weighted by atomic mass is 10.0. The minimum absolute atomic E-state index is 0.0709. The second-order valence-corrected chi connectivity index (χ2v) is 7.40. The molecule has 7 nitrogen and oxygen atoms in total. The summed E-state index contributed by atoms with van der Waals surface area (Å²) in [5, 5.41) is 13.2. The molecule has 1 amide bonds. The van der Waals surface area contributed by atoms with Crippen LogP contribution in [0.2, 0.25) is 0 Å². The van der Waals surface area contributed by atoms with Gasteiger partial charge < -0.3 is 20.2 Å². The zero-order chi connectivity index (χ0) is 17.4. The zero-order valence-electron chi connectivity index (χ0n) is 14.9. The van der Waals surface area contributed by atoms with Crippen molar-refractivity contribution in [2.24, 2.45) is 5.92 Å². The monoisotopic (exact) mass is 333 g/mol. The van der Waals surface area contributed by atoms with Crippen LogP contribution in [-0.4, -0.2) is 71.8 Å². The normalized spacial score (nSPS) is 23.8. The number of carbonyl (C=O) groups excluding carboxylic acids is 1. The summed E-state index contributed by atoms with van der Waals surface area (Å²) in [6.07, 6.45) is 1.05. The van der Waals surface area contributed by atoms with Gasteiger partial charge in [0, 0.05) is 31.6 Å². The molecule has 1 aromatic rings. The SMILES string of the molecule is CC(C)Cc1nc2c(c(N3C[C@H](O)[C@@H](N(C)C)C3)n1)CCNC2=O. The molecule has 2 atom stereocenters. The molecule has 7 heteroatoms. The smallest absolute Gasteiger partial charge is 0.270 e. The van der Waals surface area contributed by atoms with Crippen molar-refractivity contribution in [3.8, 4) is 0 Å². The van der Waals surface area contributed by atoms with E-state index in [0.29, 0.717) is 37.1 Å². The first-order valence-corrected chi connectivity index (χ1v) is 8.64. The van der Waals surface area contributed by atoms with E-state index < -0.39 is 6.10 Å². The molecule has 0 saturated carbocycles. The third kappa shape index (κ3) is 3.23. The highest BCUT2D eigenvalue weighted by molar-refractivity contribution is 5.96. The first kappa shape index (κ1) is 17.1. The molecule has 3 heterocycles. The minimum Gasteiger partial charge on any atom is -0.390 e. The van der Waals surface area contributed by atoms with Gasteiger partial charge in [-0.05, 0) is 26.4 Å². The Bertz CT molecular complexity index is 632. The number of nitrogens with one attached hydrogen (secondary N) is 1. The van der Waals surface area contributed by atoms with Crippen molar-refractivity contribution >= 4 is 11.7 Å². The van der Waals surface area contributed by atoms with Crippen molar-refractivity contribution in [1.82, 2.24) is 20.2 Å². The van der Waals surface area contributed by atoms with Crippen LogP contribution in [0.15, 0.2) is 0 Å². The van der Waals surface area contributed by atoms with E-state index in [1.54, 1.807) is 0 Å². The Labute approximate surface area is 143 Å². The molecule has 0 aromatic carbocycles. The number of aliphatic hydroxyl groups is 1. The number of fused-ring (bicyclic) bond motifs is 1. The number of rotatable bonds is 4. The Balaban J connectivity index is 2.00. The van der Waals surface area contributed by atoms with Crippen LogP contribution in [0.5, 0.6) is 0 Å². The van der Waals surface area contributed by atoms with Crippen LogP contribution in [0.1, 0.15) is 35.7 Å². The molecule has 3 rings (SSSR count). The quantitative estimate of drug-likeness (QED) is 0.812. The van der Waals surface area contributed by atoms with Crippen LogP contribution in [-0.2, 0) is 12.8 Å². The third-order valence-corrected chi connectivity index (χ3v) is 4.72. The number of carbonyl (C=O) groups is 1. The van der Waals surface area contributed by atoms with Crippen LogP contribution in [0.25, 0.3) is 0 Å². The van der Waals surface area contributed by atoms with E-state index in [4.69, 9.17) is 4.98 Å². The van der Waals surface area contributed by atoms with Crippen LogP contribution in [0.4, 0.5) is 5.82 Å². The van der Waals surface area contributed by atoms with E-state index in [2.05, 4.69) is 29.0 Å². The number of likely N-dealkylation sites (N-methyl/N-ethyl adjacent to an activating group) is 1. The standard InChI is InChI=1S/C17H27N5O2/c1-10(2)7-14-19-15-11(5-6-18-17(15)24)16(20-14)22-8-12(21(3)4)13(23)9-22/h10,12-13,23H,5-9H2,1-4H3,(H,18,24)/t12-,13-/m0/s1. The average Bonchev–Trinajstić information content (AvgIpc) is 2.89. The third-order valence-electron chi connectivity index (χ3n) is 4.72. The Kier molecular flexibility index (Phi) is 4.73. The number of nitrogens with zero attached hydrogens (tertiary/aromatic N) is 4. The fourth-order valence-electron chi connectivity index (χ4n) is 3.49. The number of hydrogen-bond donors (Lipinski definition) is 2. The second kappa shape index (κ2) is 6.64. The lowest BCUT2D eigenvalue weighted by Gasteiger charge is -2.26. The molecule has 132 valence electrons. The highest BCUT2D eigenvalue weighted by Crippen LogP contribution is 2.28. The Morgan fingerprint density at radius 1 is 1.33 bits per heavy atom. The maximum atomic E-state index is 12.2. The van der Waals surface area contributed by atoms with Crippen molar-refractivity contribution in [2.75, 3.05) is 38.6 Å². The van der Waals surface area contributed by atoms with Crippen molar-refractivity contribution in [3.63, 3.8) is 0 Å². The summed E-state index contributed by atoms with van der Waals surface area (Å²) in [6, 6.07) is 0.0709. The molecule has 0 spiro atoms. The van der Waals surface area contributed by atoms with Crippen LogP contribution in [0.3, 0.4) is 0 Å². The summed E-state index contributed by atoms with van der Waals surface area (Å²) < 4.78 is 0. The predicted octanol–water partition coefficient (Wildman–Crippen LogP) is 0.0721. The van der Waals surface area contributed by atoms with Gasteiger partial charge in [-0.15, -0.1) is 0 Å². The summed E-state index contributed by atoms with van der Waals surface area (Å²) in [4.78, 5) is 25.7. The van der Waals surface area contributed by atoms with Crippen LogP contribution >= 0.6 is 0 Å². The minimum atomic E-state index is -0.420. The lowest BCUT2D eigenvalue weighted by molar-refractivity contribution is 0.0940.